The maximum absolute atomic E-state index is 13.3. The molecule has 0 spiro atoms. The molecule has 6 heteroatoms. The molecule has 0 atom stereocenters. The smallest absolute Gasteiger partial charge is 0.216 e. The summed E-state index contributed by atoms with van der Waals surface area (Å²) in [6.45, 7) is 1.88. The topological polar surface area (TPSA) is 75.8 Å². The van der Waals surface area contributed by atoms with Crippen LogP contribution in [0.2, 0.25) is 0 Å². The zero-order chi connectivity index (χ0) is 24.4. The van der Waals surface area contributed by atoms with Gasteiger partial charge in [-0.05, 0) is 54.1 Å². The first-order chi connectivity index (χ1) is 17.0. The van der Waals surface area contributed by atoms with Crippen molar-refractivity contribution in [2.24, 2.45) is 0 Å². The first-order valence-electron chi connectivity index (χ1n) is 11.0. The highest BCUT2D eigenvalue weighted by atomic mass is 32.2. The molecule has 0 radical (unpaired) electrons. The molecule has 5 nitrogen and oxygen atoms in total. The van der Waals surface area contributed by atoms with E-state index in [9.17, 15) is 13.7 Å². The highest BCUT2D eigenvalue weighted by Crippen LogP contribution is 2.30. The lowest BCUT2D eigenvalue weighted by atomic mass is 10.0. The zero-order valence-corrected chi connectivity index (χ0v) is 19.8. The summed E-state index contributed by atoms with van der Waals surface area (Å²) in [5.74, 6) is 0. The van der Waals surface area contributed by atoms with Gasteiger partial charge >= 0.3 is 0 Å². The van der Waals surface area contributed by atoms with Gasteiger partial charge in [0.05, 0.1) is 10.6 Å². The molecule has 1 heterocycles. The summed E-state index contributed by atoms with van der Waals surface area (Å²) in [6.07, 6.45) is 3.16. The predicted molar refractivity (Wildman–Crippen MR) is 138 cm³/mol. The number of fused-ring (bicyclic) bond motifs is 1. The number of para-hydroxylation sites is 1. The van der Waals surface area contributed by atoms with Crippen molar-refractivity contribution in [2.45, 2.75) is 11.8 Å². The van der Waals surface area contributed by atoms with Crippen molar-refractivity contribution in [1.82, 2.24) is 9.78 Å². The van der Waals surface area contributed by atoms with E-state index in [4.69, 9.17) is 5.10 Å². The van der Waals surface area contributed by atoms with Crippen molar-refractivity contribution in [3.8, 4) is 23.0 Å². The zero-order valence-electron chi connectivity index (χ0n) is 19.0. The molecule has 0 aliphatic heterocycles. The van der Waals surface area contributed by atoms with Crippen molar-refractivity contribution in [3.63, 3.8) is 0 Å². The van der Waals surface area contributed by atoms with Gasteiger partial charge in [-0.25, -0.2) is 13.1 Å². The maximum Gasteiger partial charge on any atom is 0.216 e. The van der Waals surface area contributed by atoms with E-state index in [0.29, 0.717) is 11.3 Å². The molecule has 170 valence electrons. The fourth-order valence-corrected chi connectivity index (χ4v) is 5.07. The second-order valence-corrected chi connectivity index (χ2v) is 10.1. The predicted octanol–water partition coefficient (Wildman–Crippen LogP) is 6.34. The minimum Gasteiger partial charge on any atom is -0.240 e. The Morgan fingerprint density at radius 2 is 1.57 bits per heavy atom. The number of nitriles is 1. The molecule has 0 N–H and O–H groups in total. The minimum absolute atomic E-state index is 0.0820. The normalized spacial score (nSPS) is 11.9. The highest BCUT2D eigenvalue weighted by Gasteiger charge is 2.22. The molecule has 5 rings (SSSR count). The first-order valence-corrected chi connectivity index (χ1v) is 12.5. The highest BCUT2D eigenvalue weighted by molar-refractivity contribution is 7.95. The van der Waals surface area contributed by atoms with Crippen LogP contribution in [0.15, 0.2) is 113 Å². The van der Waals surface area contributed by atoms with Gasteiger partial charge < -0.3 is 0 Å². The van der Waals surface area contributed by atoms with Crippen LogP contribution in [0.5, 0.6) is 0 Å². The summed E-state index contributed by atoms with van der Waals surface area (Å²) in [4.78, 5) is -0.255. The van der Waals surface area contributed by atoms with Crippen LogP contribution in [-0.2, 0) is 9.84 Å². The summed E-state index contributed by atoms with van der Waals surface area (Å²) in [5, 5.41) is 16.8. The molecule has 5 aromatic rings. The molecule has 0 fully saturated rings. The number of nitrogens with zero attached hydrogens (tertiary/aromatic N) is 3. The van der Waals surface area contributed by atoms with Crippen LogP contribution in [0, 0.1) is 18.3 Å². The first kappa shape index (κ1) is 22.3. The van der Waals surface area contributed by atoms with Gasteiger partial charge in [-0.2, -0.15) is 10.4 Å². The Bertz CT molecular complexity index is 1710. The third kappa shape index (κ3) is 4.37. The van der Waals surface area contributed by atoms with Crippen LogP contribution in [0.3, 0.4) is 0 Å². The van der Waals surface area contributed by atoms with E-state index in [2.05, 4.69) is 0 Å². The maximum atomic E-state index is 13.3. The van der Waals surface area contributed by atoms with Gasteiger partial charge in [0.15, 0.2) is 0 Å². The SMILES string of the molecule is Cc1ccc(S(=O)(=O)C(C#N)=Cc2cn(-c3ccccc3)nc2-c2ccc3ccccc3c2)cc1. The van der Waals surface area contributed by atoms with E-state index in [-0.39, 0.29) is 9.80 Å². The van der Waals surface area contributed by atoms with Crippen LogP contribution >= 0.6 is 0 Å². The summed E-state index contributed by atoms with van der Waals surface area (Å²) in [7, 11) is -3.99. The summed E-state index contributed by atoms with van der Waals surface area (Å²) in [5.41, 5.74) is 3.72. The third-order valence-corrected chi connectivity index (χ3v) is 7.48. The lowest BCUT2D eigenvalue weighted by molar-refractivity contribution is 0.603. The second-order valence-electron chi connectivity index (χ2n) is 8.21. The van der Waals surface area contributed by atoms with E-state index < -0.39 is 9.84 Å². The Morgan fingerprint density at radius 3 is 2.29 bits per heavy atom. The lowest BCUT2D eigenvalue weighted by Crippen LogP contribution is -2.03. The molecule has 0 bridgehead atoms. The van der Waals surface area contributed by atoms with Crippen molar-refractivity contribution < 1.29 is 8.42 Å². The monoisotopic (exact) mass is 475 g/mol. The lowest BCUT2D eigenvalue weighted by Gasteiger charge is -2.05. The van der Waals surface area contributed by atoms with Crippen molar-refractivity contribution in [1.29, 1.82) is 5.26 Å². The number of sulfone groups is 1. The van der Waals surface area contributed by atoms with Gasteiger partial charge in [-0.3, -0.25) is 0 Å². The van der Waals surface area contributed by atoms with Crippen LogP contribution < -0.4 is 0 Å². The van der Waals surface area contributed by atoms with Gasteiger partial charge in [-0.1, -0.05) is 72.3 Å². The average molecular weight is 476 g/mol. The number of allylic oxidation sites excluding steroid dienone is 1. The van der Waals surface area contributed by atoms with Crippen LogP contribution in [-0.4, -0.2) is 18.2 Å². The number of aryl methyl sites for hydroxylation is 1. The fourth-order valence-electron chi connectivity index (χ4n) is 3.92. The number of hydrogen-bond acceptors (Lipinski definition) is 4. The molecule has 0 unspecified atom stereocenters. The molecule has 0 saturated carbocycles. The van der Waals surface area contributed by atoms with E-state index in [1.165, 1.54) is 18.2 Å². The summed E-state index contributed by atoms with van der Waals surface area (Å²) >= 11 is 0. The largest absolute Gasteiger partial charge is 0.240 e. The Labute approximate surface area is 204 Å². The molecule has 35 heavy (non-hydrogen) atoms. The van der Waals surface area contributed by atoms with E-state index in [1.807, 2.05) is 85.8 Å². The number of hydrogen-bond donors (Lipinski definition) is 0. The second kappa shape index (κ2) is 9.05. The molecule has 4 aromatic carbocycles. The van der Waals surface area contributed by atoms with Gasteiger partial charge in [0.1, 0.15) is 16.7 Å². The molecular weight excluding hydrogens is 454 g/mol. The Hall–Kier alpha value is -4.47. The standard InChI is InChI=1S/C29H21N3O2S/c1-21-11-15-27(16-12-21)35(33,34)28(19-30)18-25-20-32(26-9-3-2-4-10-26)31-29(25)24-14-13-22-7-5-6-8-23(22)17-24/h2-18,20H,1H3. The Kier molecular flexibility index (Phi) is 5.77. The molecule has 0 amide bonds. The molecule has 0 aliphatic rings. The molecule has 0 aliphatic carbocycles. The quantitative estimate of drug-likeness (QED) is 0.278. The number of benzene rings is 4. The van der Waals surface area contributed by atoms with Crippen molar-refractivity contribution in [2.75, 3.05) is 0 Å². The van der Waals surface area contributed by atoms with E-state index in [1.54, 1.807) is 23.0 Å². The number of aromatic nitrogens is 2. The van der Waals surface area contributed by atoms with Gasteiger partial charge in [0, 0.05) is 17.3 Å². The van der Waals surface area contributed by atoms with Crippen LogP contribution in [0.25, 0.3) is 33.8 Å². The van der Waals surface area contributed by atoms with Crippen molar-refractivity contribution >= 4 is 26.7 Å². The Morgan fingerprint density at radius 1 is 0.886 bits per heavy atom. The van der Waals surface area contributed by atoms with E-state index in [0.717, 1.165) is 27.6 Å². The number of rotatable bonds is 5. The molecule has 1 aromatic heterocycles. The third-order valence-electron chi connectivity index (χ3n) is 5.80. The molecular formula is C29H21N3O2S. The average Bonchev–Trinajstić information content (AvgIpc) is 3.31. The van der Waals surface area contributed by atoms with E-state index >= 15 is 0 Å². The van der Waals surface area contributed by atoms with Crippen molar-refractivity contribution in [3.05, 3.63) is 119 Å². The van der Waals surface area contributed by atoms with Gasteiger partial charge in [0.2, 0.25) is 9.84 Å². The molecule has 0 saturated heterocycles. The fraction of sp³-hybridized carbons (Fsp3) is 0.0345. The van der Waals surface area contributed by atoms with Gasteiger partial charge in [-0.15, -0.1) is 0 Å². The van der Waals surface area contributed by atoms with Crippen LogP contribution in [0.4, 0.5) is 0 Å². The Balaban J connectivity index is 1.69. The van der Waals surface area contributed by atoms with Gasteiger partial charge in [0.25, 0.3) is 0 Å². The van der Waals surface area contributed by atoms with Crippen LogP contribution in [0.1, 0.15) is 11.1 Å². The minimum atomic E-state index is -3.99. The summed E-state index contributed by atoms with van der Waals surface area (Å²) < 4.78 is 28.2. The summed E-state index contributed by atoms with van der Waals surface area (Å²) in [6, 6.07) is 31.9.